The predicted molar refractivity (Wildman–Crippen MR) is 86.0 cm³/mol. The lowest BCUT2D eigenvalue weighted by molar-refractivity contribution is 0.190. The molecule has 5 heteroatoms. The van der Waals surface area contributed by atoms with E-state index in [1.165, 1.54) is 11.3 Å². The highest BCUT2D eigenvalue weighted by Crippen LogP contribution is 2.15. The summed E-state index contributed by atoms with van der Waals surface area (Å²) in [5.41, 5.74) is 2.47. The van der Waals surface area contributed by atoms with Crippen LogP contribution in [0.15, 0.2) is 24.3 Å². The molecule has 0 radical (unpaired) electrons. The van der Waals surface area contributed by atoms with Crippen molar-refractivity contribution >= 4 is 5.69 Å². The van der Waals surface area contributed by atoms with E-state index >= 15 is 0 Å². The molecule has 0 aliphatic rings. The molecule has 21 heavy (non-hydrogen) atoms. The van der Waals surface area contributed by atoms with Gasteiger partial charge in [0.05, 0.1) is 19.8 Å². The molecule has 1 aromatic carbocycles. The van der Waals surface area contributed by atoms with E-state index in [9.17, 15) is 0 Å². The number of rotatable bonds is 12. The maximum Gasteiger partial charge on any atom is 0.0637 e. The Morgan fingerprint density at radius 3 is 1.95 bits per heavy atom. The molecular weight excluding hydrogens is 268 g/mol. The van der Waals surface area contributed by atoms with Crippen molar-refractivity contribution in [3.63, 3.8) is 0 Å². The number of nitrogens with zero attached hydrogens (tertiary/aromatic N) is 1. The molecule has 0 aromatic heterocycles. The molecule has 0 spiro atoms. The van der Waals surface area contributed by atoms with Gasteiger partial charge in [-0.2, -0.15) is 0 Å². The lowest BCUT2D eigenvalue weighted by atomic mass is 10.2. The quantitative estimate of drug-likeness (QED) is 0.592. The average Bonchev–Trinajstić information content (AvgIpc) is 2.53. The third-order valence-corrected chi connectivity index (χ3v) is 3.24. The van der Waals surface area contributed by atoms with Crippen molar-refractivity contribution in [1.29, 1.82) is 0 Å². The number of nitrogens with one attached hydrogen (secondary N) is 1. The fourth-order valence-electron chi connectivity index (χ4n) is 2.00. The Morgan fingerprint density at radius 1 is 0.857 bits per heavy atom. The topological polar surface area (TPSA) is 43.0 Å². The zero-order chi connectivity index (χ0) is 15.3. The van der Waals surface area contributed by atoms with Crippen molar-refractivity contribution in [2.45, 2.75) is 6.54 Å². The van der Waals surface area contributed by atoms with Crippen LogP contribution in [0.1, 0.15) is 5.56 Å². The zero-order valence-corrected chi connectivity index (χ0v) is 13.4. The molecule has 0 aliphatic heterocycles. The van der Waals surface area contributed by atoms with Gasteiger partial charge in [0.2, 0.25) is 0 Å². The fraction of sp³-hybridized carbons (Fsp3) is 0.625. The second-order valence-electron chi connectivity index (χ2n) is 4.81. The van der Waals surface area contributed by atoms with Crippen molar-refractivity contribution in [1.82, 2.24) is 5.32 Å². The van der Waals surface area contributed by atoms with E-state index in [0.29, 0.717) is 13.2 Å². The second-order valence-corrected chi connectivity index (χ2v) is 4.81. The summed E-state index contributed by atoms with van der Waals surface area (Å²) in [5.74, 6) is 0. The Balaban J connectivity index is 2.51. The summed E-state index contributed by atoms with van der Waals surface area (Å²) in [6.45, 7) is 5.62. The van der Waals surface area contributed by atoms with Crippen molar-refractivity contribution < 1.29 is 14.2 Å². The minimum atomic E-state index is 0.712. The lowest BCUT2D eigenvalue weighted by Gasteiger charge is -2.24. The predicted octanol–water partition coefficient (Wildman–Crippen LogP) is 1.52. The molecule has 120 valence electrons. The van der Waals surface area contributed by atoms with Crippen LogP contribution in [0.3, 0.4) is 0 Å². The number of hydrogen-bond acceptors (Lipinski definition) is 5. The first kappa shape index (κ1) is 17.9. The van der Waals surface area contributed by atoms with Gasteiger partial charge in [0.15, 0.2) is 0 Å². The van der Waals surface area contributed by atoms with Crippen LogP contribution in [-0.2, 0) is 20.8 Å². The van der Waals surface area contributed by atoms with Crippen molar-refractivity contribution in [2.24, 2.45) is 0 Å². The smallest absolute Gasteiger partial charge is 0.0637 e. The number of anilines is 1. The monoisotopic (exact) mass is 296 g/mol. The van der Waals surface area contributed by atoms with E-state index in [-0.39, 0.29) is 0 Å². The highest BCUT2D eigenvalue weighted by molar-refractivity contribution is 5.47. The first-order valence-corrected chi connectivity index (χ1v) is 7.33. The van der Waals surface area contributed by atoms with Gasteiger partial charge in [-0.3, -0.25) is 0 Å². The van der Waals surface area contributed by atoms with Gasteiger partial charge in [-0.1, -0.05) is 12.1 Å². The molecule has 0 fully saturated rings. The summed E-state index contributed by atoms with van der Waals surface area (Å²) >= 11 is 0. The Labute approximate surface area is 128 Å². The minimum absolute atomic E-state index is 0.712. The van der Waals surface area contributed by atoms with Crippen LogP contribution in [0, 0.1) is 0 Å². The molecule has 0 aliphatic carbocycles. The van der Waals surface area contributed by atoms with Gasteiger partial charge in [0.1, 0.15) is 0 Å². The number of methoxy groups -OCH3 is 3. The van der Waals surface area contributed by atoms with Crippen LogP contribution in [0.4, 0.5) is 5.69 Å². The van der Waals surface area contributed by atoms with Gasteiger partial charge in [0.25, 0.3) is 0 Å². The van der Waals surface area contributed by atoms with E-state index in [1.54, 1.807) is 21.3 Å². The number of ether oxygens (including phenoxy) is 3. The van der Waals surface area contributed by atoms with Gasteiger partial charge in [-0.15, -0.1) is 0 Å². The lowest BCUT2D eigenvalue weighted by Crippen LogP contribution is -2.30. The van der Waals surface area contributed by atoms with Crippen LogP contribution in [0.5, 0.6) is 0 Å². The molecule has 0 saturated heterocycles. The van der Waals surface area contributed by atoms with Crippen molar-refractivity contribution in [3.05, 3.63) is 29.8 Å². The average molecular weight is 296 g/mol. The summed E-state index contributed by atoms with van der Waals surface area (Å²) in [6.07, 6.45) is 0. The summed E-state index contributed by atoms with van der Waals surface area (Å²) in [5, 5.41) is 3.34. The highest BCUT2D eigenvalue weighted by atomic mass is 16.5. The molecule has 0 atom stereocenters. The summed E-state index contributed by atoms with van der Waals surface area (Å²) < 4.78 is 15.4. The van der Waals surface area contributed by atoms with E-state index in [4.69, 9.17) is 14.2 Å². The van der Waals surface area contributed by atoms with E-state index in [1.807, 2.05) is 0 Å². The molecule has 5 nitrogen and oxygen atoms in total. The first-order valence-electron chi connectivity index (χ1n) is 7.33. The number of hydrogen-bond donors (Lipinski definition) is 1. The molecule has 0 amide bonds. The molecule has 0 saturated carbocycles. The second kappa shape index (κ2) is 11.5. The molecule has 1 rings (SSSR count). The Bertz CT molecular complexity index is 349. The van der Waals surface area contributed by atoms with Gasteiger partial charge in [-0.05, 0) is 17.7 Å². The first-order chi connectivity index (χ1) is 10.3. The van der Waals surface area contributed by atoms with Crippen molar-refractivity contribution in [2.75, 3.05) is 65.7 Å². The maximum absolute atomic E-state index is 5.17. The van der Waals surface area contributed by atoms with E-state index < -0.39 is 0 Å². The van der Waals surface area contributed by atoms with Gasteiger partial charge < -0.3 is 24.4 Å². The van der Waals surface area contributed by atoms with Crippen LogP contribution in [0.25, 0.3) is 0 Å². The Morgan fingerprint density at radius 2 is 1.43 bits per heavy atom. The maximum atomic E-state index is 5.17. The van der Waals surface area contributed by atoms with Crippen LogP contribution in [0.2, 0.25) is 0 Å². The fourth-order valence-corrected chi connectivity index (χ4v) is 2.00. The molecule has 0 heterocycles. The van der Waals surface area contributed by atoms with Gasteiger partial charge >= 0.3 is 0 Å². The van der Waals surface area contributed by atoms with Crippen molar-refractivity contribution in [3.8, 4) is 0 Å². The molecule has 1 N–H and O–H groups in total. The van der Waals surface area contributed by atoms with E-state index in [2.05, 4.69) is 34.5 Å². The van der Waals surface area contributed by atoms with Gasteiger partial charge in [-0.25, -0.2) is 0 Å². The number of benzene rings is 1. The molecular formula is C16H28N2O3. The third-order valence-electron chi connectivity index (χ3n) is 3.24. The standard InChI is InChI=1S/C16H28N2O3/c1-19-11-8-17-14-15-4-6-16(7-5-15)18(9-12-20-2)10-13-21-3/h4-7,17H,8-14H2,1-3H3. The van der Waals surface area contributed by atoms with Crippen LogP contribution >= 0.6 is 0 Å². The molecule has 0 bridgehead atoms. The SMILES string of the molecule is COCCNCc1ccc(N(CCOC)CCOC)cc1. The summed E-state index contributed by atoms with van der Waals surface area (Å²) in [7, 11) is 5.16. The minimum Gasteiger partial charge on any atom is -0.383 e. The van der Waals surface area contributed by atoms with Gasteiger partial charge in [0, 0.05) is 53.2 Å². The van der Waals surface area contributed by atoms with Crippen LogP contribution in [-0.4, -0.2) is 60.8 Å². The largest absolute Gasteiger partial charge is 0.383 e. The highest BCUT2D eigenvalue weighted by Gasteiger charge is 2.06. The Kier molecular flexibility index (Phi) is 9.82. The summed E-state index contributed by atoms with van der Waals surface area (Å²) in [6, 6.07) is 8.61. The van der Waals surface area contributed by atoms with Crippen LogP contribution < -0.4 is 10.2 Å². The zero-order valence-electron chi connectivity index (χ0n) is 13.4. The Hall–Kier alpha value is -1.14. The third kappa shape index (κ3) is 7.43. The summed E-state index contributed by atoms with van der Waals surface area (Å²) in [4.78, 5) is 2.27. The molecule has 0 unspecified atom stereocenters. The van der Waals surface area contributed by atoms with E-state index in [0.717, 1.165) is 32.8 Å². The molecule has 1 aromatic rings. The normalized spacial score (nSPS) is 10.8.